The number of aliphatic hydroxyl groups excluding tert-OH is 1. The minimum absolute atomic E-state index is 0.0427. The van der Waals surface area contributed by atoms with E-state index in [9.17, 15) is 49.6 Å². The van der Waals surface area contributed by atoms with Crippen LogP contribution in [0.4, 0.5) is 4.39 Å². The normalized spacial score (nSPS) is 36.8. The third-order valence-corrected chi connectivity index (χ3v) is 10.7. The summed E-state index contributed by atoms with van der Waals surface area (Å²) in [6.45, 7) is 2.15. The van der Waals surface area contributed by atoms with Crippen LogP contribution in [0.3, 0.4) is 0 Å². The van der Waals surface area contributed by atoms with Gasteiger partial charge >= 0.3 is 11.9 Å². The number of alkyl halides is 1. The second-order valence-electron chi connectivity index (χ2n) is 13.2. The van der Waals surface area contributed by atoms with Crippen molar-refractivity contribution in [2.24, 2.45) is 34.3 Å². The molecule has 0 aromatic carbocycles. The third kappa shape index (κ3) is 6.09. The second-order valence-corrected chi connectivity index (χ2v) is 13.2. The Hall–Kier alpha value is -4.03. The number of hydrogen-bond acceptors (Lipinski definition) is 15. The molecular weight excluding hydrogens is 633 g/mol. The predicted molar refractivity (Wildman–Crippen MR) is 152 cm³/mol. The molecule has 0 aliphatic heterocycles. The molecule has 4 N–H and O–H groups in total. The number of Topliss-reactive ketones (excluding diaryl/α,β-unsaturated/α-hetero) is 1. The Labute approximate surface area is 267 Å². The average molecular weight is 672 g/mol. The highest BCUT2D eigenvalue weighted by Crippen LogP contribution is 2.70. The van der Waals surface area contributed by atoms with Gasteiger partial charge in [0.05, 0.1) is 12.5 Å². The fourth-order valence-corrected chi connectivity index (χ4v) is 8.28. The highest BCUT2D eigenvalue weighted by molar-refractivity contribution is 5.94. The molecule has 4 aliphatic carbocycles. The monoisotopic (exact) mass is 671 g/mol. The summed E-state index contributed by atoms with van der Waals surface area (Å²) in [7, 11) is 0. The first-order valence-electron chi connectivity index (χ1n) is 15.0. The quantitative estimate of drug-likeness (QED) is 0.104. The van der Waals surface area contributed by atoms with Crippen molar-refractivity contribution in [2.45, 2.75) is 82.4 Å². The van der Waals surface area contributed by atoms with Gasteiger partial charge in [-0.3, -0.25) is 19.2 Å². The van der Waals surface area contributed by atoms with Crippen LogP contribution in [0, 0.1) is 48.8 Å². The fraction of sp³-hybridized carbons (Fsp3) is 0.724. The molecule has 4 rings (SSSR count). The summed E-state index contributed by atoms with van der Waals surface area (Å²) in [4.78, 5) is 79.3. The number of carbonyl (C=O) groups excluding carboxylic acids is 4. The van der Waals surface area contributed by atoms with Crippen LogP contribution in [-0.2, 0) is 38.3 Å². The smallest absolute Gasteiger partial charge is 0.323 e. The number of ketones is 2. The van der Waals surface area contributed by atoms with Gasteiger partial charge in [0.15, 0.2) is 24.2 Å². The molecule has 2 unspecified atom stereocenters. The molecule has 0 aromatic heterocycles. The summed E-state index contributed by atoms with van der Waals surface area (Å²) < 4.78 is 27.1. The number of nitrogens with two attached hydrogens (primary N) is 1. The third-order valence-electron chi connectivity index (χ3n) is 10.7. The van der Waals surface area contributed by atoms with Crippen molar-refractivity contribution in [3.05, 3.63) is 44.0 Å². The number of carbonyl (C=O) groups is 4. The number of rotatable bonds is 13. The fourth-order valence-electron chi connectivity index (χ4n) is 8.28. The van der Waals surface area contributed by atoms with E-state index >= 15 is 4.39 Å². The lowest BCUT2D eigenvalue weighted by atomic mass is 9.45. The Morgan fingerprint density at radius 1 is 1.15 bits per heavy atom. The van der Waals surface area contributed by atoms with E-state index in [1.807, 2.05) is 6.08 Å². The van der Waals surface area contributed by atoms with Crippen molar-refractivity contribution in [3.63, 3.8) is 0 Å². The molecule has 0 radical (unpaired) electrons. The molecule has 47 heavy (non-hydrogen) atoms. The summed E-state index contributed by atoms with van der Waals surface area (Å²) in [5, 5.41) is 41.8. The summed E-state index contributed by atoms with van der Waals surface area (Å²) in [6, 6.07) is -1.67. The number of ether oxygens (including phenoxy) is 2. The maximum absolute atomic E-state index is 17.3. The molecule has 0 bridgehead atoms. The zero-order valence-corrected chi connectivity index (χ0v) is 26.0. The van der Waals surface area contributed by atoms with E-state index in [1.54, 1.807) is 20.8 Å². The number of halogens is 1. The minimum atomic E-state index is -2.17. The predicted octanol–water partition coefficient (Wildman–Crippen LogP) is 0.492. The molecule has 0 spiro atoms. The largest absolute Gasteiger partial charge is 0.462 e. The van der Waals surface area contributed by atoms with Gasteiger partial charge in [-0.2, -0.15) is 0 Å². The number of aliphatic hydroxyl groups is 2. The van der Waals surface area contributed by atoms with Crippen LogP contribution in [0.2, 0.25) is 0 Å². The Kier molecular flexibility index (Phi) is 9.81. The summed E-state index contributed by atoms with van der Waals surface area (Å²) in [5.74, 6) is -5.49. The Morgan fingerprint density at radius 3 is 2.47 bits per heavy atom. The summed E-state index contributed by atoms with van der Waals surface area (Å²) in [5.41, 5.74) is -0.614. The molecule has 18 heteroatoms. The van der Waals surface area contributed by atoms with E-state index in [2.05, 4.69) is 9.68 Å². The van der Waals surface area contributed by atoms with Gasteiger partial charge < -0.3 is 35.1 Å². The summed E-state index contributed by atoms with van der Waals surface area (Å²) in [6.07, 6.45) is 0.771. The van der Waals surface area contributed by atoms with Gasteiger partial charge in [0.2, 0.25) is 5.78 Å². The topological polar surface area (TPSA) is 258 Å². The summed E-state index contributed by atoms with van der Waals surface area (Å²) >= 11 is 0. The number of nitrogens with zero attached hydrogens (tertiary/aromatic N) is 2. The Morgan fingerprint density at radius 2 is 1.83 bits per heavy atom. The highest BCUT2D eigenvalue weighted by Gasteiger charge is 2.75. The molecule has 0 saturated heterocycles. The van der Waals surface area contributed by atoms with E-state index in [0.717, 1.165) is 0 Å². The lowest BCUT2D eigenvalue weighted by Gasteiger charge is -2.62. The molecule has 10 atom stereocenters. The Balaban J connectivity index is 1.39. The minimum Gasteiger partial charge on any atom is -0.462 e. The molecule has 0 amide bonds. The molecule has 2 saturated carbocycles. The van der Waals surface area contributed by atoms with Crippen LogP contribution < -0.4 is 5.73 Å². The van der Waals surface area contributed by atoms with Crippen molar-refractivity contribution in [3.8, 4) is 0 Å². The van der Waals surface area contributed by atoms with Crippen molar-refractivity contribution < 1.29 is 63.1 Å². The van der Waals surface area contributed by atoms with E-state index < -0.39 is 112 Å². The van der Waals surface area contributed by atoms with Gasteiger partial charge in [0.25, 0.3) is 10.2 Å². The van der Waals surface area contributed by atoms with Gasteiger partial charge in [-0.25, -0.2) is 4.39 Å². The van der Waals surface area contributed by atoms with Gasteiger partial charge in [-0.1, -0.05) is 31.6 Å². The van der Waals surface area contributed by atoms with E-state index in [-0.39, 0.29) is 31.5 Å². The molecule has 4 aliphatic rings. The molecule has 0 aromatic rings. The van der Waals surface area contributed by atoms with Crippen molar-refractivity contribution in [1.29, 1.82) is 0 Å². The zero-order valence-electron chi connectivity index (χ0n) is 26.0. The first-order valence-corrected chi connectivity index (χ1v) is 15.0. The number of hydrogen-bond donors (Lipinski definition) is 3. The van der Waals surface area contributed by atoms with Crippen LogP contribution in [0.1, 0.15) is 52.9 Å². The highest BCUT2D eigenvalue weighted by atomic mass is 19.1. The van der Waals surface area contributed by atoms with Crippen LogP contribution in [0.5, 0.6) is 0 Å². The van der Waals surface area contributed by atoms with Crippen LogP contribution in [0.15, 0.2) is 23.8 Å². The van der Waals surface area contributed by atoms with Crippen molar-refractivity contribution in [2.75, 3.05) is 19.8 Å². The van der Waals surface area contributed by atoms with Crippen LogP contribution >= 0.6 is 0 Å². The lowest BCUT2D eigenvalue weighted by Crippen LogP contribution is -2.69. The van der Waals surface area contributed by atoms with E-state index in [1.165, 1.54) is 12.2 Å². The molecule has 260 valence electrons. The van der Waals surface area contributed by atoms with Crippen molar-refractivity contribution in [1.82, 2.24) is 0 Å². The maximum atomic E-state index is 17.3. The van der Waals surface area contributed by atoms with Gasteiger partial charge in [0.1, 0.15) is 24.9 Å². The molecular formula is C29H38FN3O14. The first-order chi connectivity index (χ1) is 21.8. The maximum Gasteiger partial charge on any atom is 0.323 e. The number of allylic oxidation sites excluding steroid dienone is 4. The first kappa shape index (κ1) is 35.8. The van der Waals surface area contributed by atoms with Gasteiger partial charge in [-0.05, 0) is 44.1 Å². The van der Waals surface area contributed by atoms with Crippen LogP contribution in [0.25, 0.3) is 0 Å². The molecule has 0 heterocycles. The molecule has 17 nitrogen and oxygen atoms in total. The Bertz CT molecular complexity index is 1410. The zero-order chi connectivity index (χ0) is 35.1. The lowest BCUT2D eigenvalue weighted by molar-refractivity contribution is -0.790. The van der Waals surface area contributed by atoms with Crippen LogP contribution in [-0.4, -0.2) is 93.2 Å². The van der Waals surface area contributed by atoms with E-state index in [4.69, 9.17) is 15.2 Å². The van der Waals surface area contributed by atoms with Gasteiger partial charge in [-0.15, -0.1) is 20.2 Å². The van der Waals surface area contributed by atoms with E-state index in [0.29, 0.717) is 5.57 Å². The number of fused-ring (bicyclic) bond motifs is 5. The molecule has 2 fully saturated rings. The second kappa shape index (κ2) is 12.9. The van der Waals surface area contributed by atoms with Gasteiger partial charge in [0, 0.05) is 23.2 Å². The number of esters is 2. The average Bonchev–Trinajstić information content (AvgIpc) is 3.19. The van der Waals surface area contributed by atoms with Crippen molar-refractivity contribution >= 4 is 23.5 Å². The standard InChI is InChI=1S/C29H38FN3O14/c1-15-8-20-19-5-4-16-9-17(34)6-7-26(16,2)28(19,30)22(35)11-27(20,3)29(15,39)23(36)14-44-24(37)10-21(31)25(38)45-12-18(47-33(42)43)13-46-32(40)41/h4,6-7,15,18-22,35,39H,5,8-14,31H2,1-3H3/t15-,18?,19-,20-,21?,22-,26-,27-,28-,29-/m0/s1. The SMILES string of the molecule is C[C@H]1C[C@H]2[C@@H]3CC=C4CC(=O)C=C[C@]4(C)[C@@]3(F)[C@@H](O)C[C@]2(C)[C@@]1(O)C(=O)COC(=O)CC(N)C(=O)OCC(CO[N+](=O)[O-])O[N+](=O)[O-].